The monoisotopic (exact) mass is 282 g/mol. The maximum Gasteiger partial charge on any atom is 0.356 e. The lowest BCUT2D eigenvalue weighted by Gasteiger charge is -2.12. The highest BCUT2D eigenvalue weighted by Gasteiger charge is 2.19. The normalized spacial score (nSPS) is 12.7. The van der Waals surface area contributed by atoms with Gasteiger partial charge in [0.2, 0.25) is 0 Å². The lowest BCUT2D eigenvalue weighted by molar-refractivity contribution is 0.387. The van der Waals surface area contributed by atoms with Crippen LogP contribution >= 0.6 is 7.60 Å². The summed E-state index contributed by atoms with van der Waals surface area (Å²) in [4.78, 5) is 18.8. The molecule has 98 valence electrons. The van der Waals surface area contributed by atoms with Gasteiger partial charge in [-0.2, -0.15) is 0 Å². The summed E-state index contributed by atoms with van der Waals surface area (Å²) in [5.41, 5.74) is 0. The zero-order valence-corrected chi connectivity index (χ0v) is 11.3. The maximum absolute atomic E-state index is 11.5. The van der Waals surface area contributed by atoms with E-state index in [1.54, 1.807) is 12.1 Å². The van der Waals surface area contributed by atoms with Crippen LogP contribution < -0.4 is 5.30 Å². The number of hydrogen-bond donors (Lipinski definition) is 2. The first kappa shape index (κ1) is 11.9. The Labute approximate surface area is 115 Å². The van der Waals surface area contributed by atoms with Gasteiger partial charge in [-0.1, -0.05) is 42.5 Å². The van der Waals surface area contributed by atoms with Crippen molar-refractivity contribution in [2.75, 3.05) is 0 Å². The van der Waals surface area contributed by atoms with Gasteiger partial charge >= 0.3 is 7.60 Å². The Morgan fingerprint density at radius 3 is 1.65 bits per heavy atom. The van der Waals surface area contributed by atoms with Crippen LogP contribution in [0.2, 0.25) is 0 Å². The minimum absolute atomic E-state index is 0.0726. The summed E-state index contributed by atoms with van der Waals surface area (Å²) in [6, 6.07) is 17.1. The number of hydrogen-bond acceptors (Lipinski definition) is 1. The minimum atomic E-state index is -4.24. The first-order valence-corrected chi connectivity index (χ1v) is 7.89. The third kappa shape index (κ3) is 1.58. The van der Waals surface area contributed by atoms with Crippen LogP contribution in [-0.4, -0.2) is 9.79 Å². The molecular weight excluding hydrogens is 271 g/mol. The Morgan fingerprint density at radius 1 is 0.700 bits per heavy atom. The van der Waals surface area contributed by atoms with Crippen LogP contribution in [0.25, 0.3) is 32.3 Å². The van der Waals surface area contributed by atoms with E-state index in [2.05, 4.69) is 12.1 Å². The predicted octanol–water partition coefficient (Wildman–Crippen LogP) is 3.39. The molecule has 4 aromatic rings. The van der Waals surface area contributed by atoms with E-state index in [0.29, 0.717) is 0 Å². The maximum atomic E-state index is 11.5. The van der Waals surface area contributed by atoms with Gasteiger partial charge in [-0.3, -0.25) is 4.57 Å². The molecule has 3 nitrogen and oxygen atoms in total. The fourth-order valence-electron chi connectivity index (χ4n) is 2.91. The molecule has 4 rings (SSSR count). The summed E-state index contributed by atoms with van der Waals surface area (Å²) in [7, 11) is -4.24. The standard InChI is InChI=1S/C16H11O3P/c17-20(18,19)14-8-12-6-4-10-2-1-3-11-5-7-13(9-14)16(12)15(10)11/h1-9H,(H2,17,18,19). The molecule has 0 bridgehead atoms. The second kappa shape index (κ2) is 3.80. The Morgan fingerprint density at radius 2 is 1.15 bits per heavy atom. The predicted molar refractivity (Wildman–Crippen MR) is 81.8 cm³/mol. The molecule has 0 spiro atoms. The van der Waals surface area contributed by atoms with E-state index >= 15 is 0 Å². The minimum Gasteiger partial charge on any atom is -0.321 e. The van der Waals surface area contributed by atoms with Gasteiger partial charge in [0.15, 0.2) is 0 Å². The molecule has 0 radical (unpaired) electrons. The Hall–Kier alpha value is -1.93. The van der Waals surface area contributed by atoms with Crippen LogP contribution in [-0.2, 0) is 4.57 Å². The first-order chi connectivity index (χ1) is 9.54. The number of rotatable bonds is 1. The fourth-order valence-corrected chi connectivity index (χ4v) is 3.52. The van der Waals surface area contributed by atoms with Gasteiger partial charge in [-0.05, 0) is 44.5 Å². The Balaban J connectivity index is 2.28. The van der Waals surface area contributed by atoms with Crippen LogP contribution in [0, 0.1) is 0 Å². The van der Waals surface area contributed by atoms with Gasteiger partial charge in [0.1, 0.15) is 0 Å². The molecule has 0 heterocycles. The molecule has 0 saturated carbocycles. The topological polar surface area (TPSA) is 57.5 Å². The molecule has 4 heteroatoms. The Kier molecular flexibility index (Phi) is 2.25. The highest BCUT2D eigenvalue weighted by molar-refractivity contribution is 7.60. The van der Waals surface area contributed by atoms with Crippen molar-refractivity contribution in [3.8, 4) is 0 Å². The van der Waals surface area contributed by atoms with Crippen LogP contribution in [0.15, 0.2) is 54.6 Å². The van der Waals surface area contributed by atoms with Crippen molar-refractivity contribution in [1.82, 2.24) is 0 Å². The molecule has 0 amide bonds. The molecule has 2 N–H and O–H groups in total. The molecule has 4 aromatic carbocycles. The summed E-state index contributed by atoms with van der Waals surface area (Å²) in [5, 5.41) is 6.31. The van der Waals surface area contributed by atoms with E-state index in [1.165, 1.54) is 0 Å². The third-order valence-corrected chi connectivity index (χ3v) is 4.72. The molecular formula is C16H11O3P. The average Bonchev–Trinajstić information content (AvgIpc) is 2.43. The molecule has 20 heavy (non-hydrogen) atoms. The molecule has 0 aliphatic rings. The van der Waals surface area contributed by atoms with Gasteiger partial charge < -0.3 is 9.79 Å². The highest BCUT2D eigenvalue weighted by Crippen LogP contribution is 2.39. The summed E-state index contributed by atoms with van der Waals surface area (Å²) in [5.74, 6) is 0. The fraction of sp³-hybridized carbons (Fsp3) is 0. The quantitative estimate of drug-likeness (QED) is 0.415. The lowest BCUT2D eigenvalue weighted by Crippen LogP contribution is -2.03. The summed E-state index contributed by atoms with van der Waals surface area (Å²) >= 11 is 0. The van der Waals surface area contributed by atoms with Gasteiger partial charge in [0.05, 0.1) is 5.30 Å². The zero-order chi connectivity index (χ0) is 13.9. The van der Waals surface area contributed by atoms with E-state index in [4.69, 9.17) is 0 Å². The average molecular weight is 282 g/mol. The molecule has 0 aromatic heterocycles. The summed E-state index contributed by atoms with van der Waals surface area (Å²) in [6.45, 7) is 0. The van der Waals surface area contributed by atoms with Crippen molar-refractivity contribution in [3.05, 3.63) is 54.6 Å². The van der Waals surface area contributed by atoms with Gasteiger partial charge in [0.25, 0.3) is 0 Å². The second-order valence-electron chi connectivity index (χ2n) is 5.02. The lowest BCUT2D eigenvalue weighted by atomic mass is 9.94. The van der Waals surface area contributed by atoms with E-state index in [-0.39, 0.29) is 5.30 Å². The smallest absolute Gasteiger partial charge is 0.321 e. The molecule has 0 atom stereocenters. The van der Waals surface area contributed by atoms with Gasteiger partial charge in [-0.15, -0.1) is 0 Å². The molecule has 0 fully saturated rings. The van der Waals surface area contributed by atoms with Crippen LogP contribution in [0.1, 0.15) is 0 Å². The van der Waals surface area contributed by atoms with E-state index in [9.17, 15) is 14.4 Å². The van der Waals surface area contributed by atoms with Crippen LogP contribution in [0.5, 0.6) is 0 Å². The van der Waals surface area contributed by atoms with Crippen molar-refractivity contribution in [1.29, 1.82) is 0 Å². The van der Waals surface area contributed by atoms with E-state index in [1.807, 2.05) is 30.3 Å². The van der Waals surface area contributed by atoms with Crippen molar-refractivity contribution in [3.63, 3.8) is 0 Å². The van der Waals surface area contributed by atoms with Crippen LogP contribution in [0.4, 0.5) is 0 Å². The van der Waals surface area contributed by atoms with Crippen molar-refractivity contribution in [2.45, 2.75) is 0 Å². The zero-order valence-electron chi connectivity index (χ0n) is 10.4. The Bertz CT molecular complexity index is 937. The summed E-state index contributed by atoms with van der Waals surface area (Å²) in [6.07, 6.45) is 0. The first-order valence-electron chi connectivity index (χ1n) is 6.28. The van der Waals surface area contributed by atoms with E-state index in [0.717, 1.165) is 32.3 Å². The molecule has 0 aliphatic carbocycles. The van der Waals surface area contributed by atoms with Crippen molar-refractivity contribution >= 4 is 45.2 Å². The van der Waals surface area contributed by atoms with Crippen molar-refractivity contribution < 1.29 is 14.4 Å². The summed E-state index contributed by atoms with van der Waals surface area (Å²) < 4.78 is 11.5. The SMILES string of the molecule is O=P(O)(O)c1cc2ccc3cccc4ccc(c1)c2c34. The molecule has 0 saturated heterocycles. The van der Waals surface area contributed by atoms with E-state index < -0.39 is 7.60 Å². The van der Waals surface area contributed by atoms with Gasteiger partial charge in [-0.25, -0.2) is 0 Å². The highest BCUT2D eigenvalue weighted by atomic mass is 31.2. The molecule has 0 aliphatic heterocycles. The van der Waals surface area contributed by atoms with Gasteiger partial charge in [0, 0.05) is 0 Å². The van der Waals surface area contributed by atoms with Crippen LogP contribution in [0.3, 0.4) is 0 Å². The third-order valence-electron chi connectivity index (χ3n) is 3.78. The number of benzene rings is 4. The largest absolute Gasteiger partial charge is 0.356 e. The van der Waals surface area contributed by atoms with Crippen molar-refractivity contribution in [2.24, 2.45) is 0 Å². The molecule has 0 unspecified atom stereocenters. The second-order valence-corrected chi connectivity index (χ2v) is 6.63.